The Hall–Kier alpha value is -0.590. The largest absolute Gasteiger partial charge is 0.295 e. The standard InChI is InChI=1S/C15H28O/c1-13(9-6-7-11-14(2)16)10-8-12-15(3,4)5/h7,11,13H,6,8-10,12H2,1-5H3. The van der Waals surface area contributed by atoms with Gasteiger partial charge in [0.05, 0.1) is 0 Å². The molecular formula is C15H28O. The molecule has 0 aromatic rings. The second kappa shape index (κ2) is 7.65. The van der Waals surface area contributed by atoms with Crippen molar-refractivity contribution in [1.29, 1.82) is 0 Å². The Morgan fingerprint density at radius 1 is 1.25 bits per heavy atom. The molecule has 0 saturated carbocycles. The van der Waals surface area contributed by atoms with E-state index in [1.807, 2.05) is 6.08 Å². The van der Waals surface area contributed by atoms with E-state index in [2.05, 4.69) is 27.7 Å². The molecule has 0 aromatic carbocycles. The SMILES string of the molecule is CC(=O)C=CCCC(C)CCCC(C)(C)C. The third-order valence-electron chi connectivity index (χ3n) is 2.80. The van der Waals surface area contributed by atoms with Crippen LogP contribution < -0.4 is 0 Å². The molecule has 0 rings (SSSR count). The molecule has 0 amide bonds. The van der Waals surface area contributed by atoms with E-state index in [-0.39, 0.29) is 5.78 Å². The van der Waals surface area contributed by atoms with Gasteiger partial charge < -0.3 is 0 Å². The van der Waals surface area contributed by atoms with Gasteiger partial charge in [-0.3, -0.25) is 4.79 Å². The Morgan fingerprint density at radius 2 is 1.88 bits per heavy atom. The summed E-state index contributed by atoms with van der Waals surface area (Å²) in [5.41, 5.74) is 0.467. The Kier molecular flexibility index (Phi) is 7.36. The monoisotopic (exact) mass is 224 g/mol. The van der Waals surface area contributed by atoms with E-state index in [0.717, 1.165) is 12.3 Å². The molecule has 16 heavy (non-hydrogen) atoms. The average molecular weight is 224 g/mol. The summed E-state index contributed by atoms with van der Waals surface area (Å²) in [5.74, 6) is 0.930. The topological polar surface area (TPSA) is 17.1 Å². The van der Waals surface area contributed by atoms with E-state index in [0.29, 0.717) is 5.41 Å². The van der Waals surface area contributed by atoms with E-state index >= 15 is 0 Å². The van der Waals surface area contributed by atoms with Crippen LogP contribution in [0, 0.1) is 11.3 Å². The molecule has 1 atom stereocenters. The normalized spacial score (nSPS) is 14.3. The number of rotatable bonds is 7. The van der Waals surface area contributed by atoms with Crippen LogP contribution in [0.15, 0.2) is 12.2 Å². The van der Waals surface area contributed by atoms with Gasteiger partial charge >= 0.3 is 0 Å². The fraction of sp³-hybridized carbons (Fsp3) is 0.800. The maximum absolute atomic E-state index is 10.7. The fourth-order valence-corrected chi connectivity index (χ4v) is 1.76. The van der Waals surface area contributed by atoms with Crippen molar-refractivity contribution in [3.8, 4) is 0 Å². The number of carbonyl (C=O) groups is 1. The predicted molar refractivity (Wildman–Crippen MR) is 71.5 cm³/mol. The maximum atomic E-state index is 10.7. The molecule has 0 aliphatic heterocycles. The highest BCUT2D eigenvalue weighted by atomic mass is 16.1. The Balaban J connectivity index is 3.52. The quantitative estimate of drug-likeness (QED) is 0.570. The third-order valence-corrected chi connectivity index (χ3v) is 2.80. The first kappa shape index (κ1) is 15.4. The van der Waals surface area contributed by atoms with Crippen molar-refractivity contribution < 1.29 is 4.79 Å². The molecule has 1 heteroatoms. The molecule has 94 valence electrons. The first-order valence-electron chi connectivity index (χ1n) is 6.48. The zero-order chi connectivity index (χ0) is 12.6. The number of hydrogen-bond acceptors (Lipinski definition) is 1. The molecule has 1 unspecified atom stereocenters. The molecule has 1 nitrogen and oxygen atoms in total. The van der Waals surface area contributed by atoms with E-state index in [1.165, 1.54) is 25.7 Å². The van der Waals surface area contributed by atoms with Gasteiger partial charge in [-0.25, -0.2) is 0 Å². The summed E-state index contributed by atoms with van der Waals surface area (Å²) in [5, 5.41) is 0. The minimum Gasteiger partial charge on any atom is -0.295 e. The summed E-state index contributed by atoms with van der Waals surface area (Å²) in [6.07, 6.45) is 9.86. The predicted octanol–water partition coefficient (Wildman–Crippen LogP) is 4.76. The van der Waals surface area contributed by atoms with Gasteiger partial charge in [0.1, 0.15) is 0 Å². The molecule has 0 fully saturated rings. The summed E-state index contributed by atoms with van der Waals surface area (Å²) in [4.78, 5) is 10.7. The van der Waals surface area contributed by atoms with Crippen molar-refractivity contribution in [1.82, 2.24) is 0 Å². The highest BCUT2D eigenvalue weighted by molar-refractivity contribution is 5.87. The van der Waals surface area contributed by atoms with Gasteiger partial charge in [0.2, 0.25) is 0 Å². The van der Waals surface area contributed by atoms with E-state index in [9.17, 15) is 4.79 Å². The minimum absolute atomic E-state index is 0.153. The van der Waals surface area contributed by atoms with Crippen LogP contribution in [0.2, 0.25) is 0 Å². The van der Waals surface area contributed by atoms with Crippen molar-refractivity contribution in [3.63, 3.8) is 0 Å². The van der Waals surface area contributed by atoms with Gasteiger partial charge in [-0.15, -0.1) is 0 Å². The lowest BCUT2D eigenvalue weighted by Gasteiger charge is -2.19. The summed E-state index contributed by atoms with van der Waals surface area (Å²) in [6, 6.07) is 0. The smallest absolute Gasteiger partial charge is 0.152 e. The van der Waals surface area contributed by atoms with Crippen molar-refractivity contribution in [3.05, 3.63) is 12.2 Å². The molecule has 0 aliphatic rings. The summed E-state index contributed by atoms with van der Waals surface area (Å²) >= 11 is 0. The lowest BCUT2D eigenvalue weighted by atomic mass is 9.87. The van der Waals surface area contributed by atoms with Crippen molar-refractivity contribution in [2.75, 3.05) is 0 Å². The number of allylic oxidation sites excluding steroid dienone is 2. The number of carbonyl (C=O) groups excluding carboxylic acids is 1. The van der Waals surface area contributed by atoms with Gasteiger partial charge in [0.15, 0.2) is 5.78 Å². The highest BCUT2D eigenvalue weighted by Gasteiger charge is 2.10. The fourth-order valence-electron chi connectivity index (χ4n) is 1.76. The zero-order valence-electron chi connectivity index (χ0n) is 11.7. The summed E-state index contributed by atoms with van der Waals surface area (Å²) in [7, 11) is 0. The minimum atomic E-state index is 0.153. The second-order valence-electron chi connectivity index (χ2n) is 6.15. The molecule has 0 spiro atoms. The first-order chi connectivity index (χ1) is 7.31. The Bertz CT molecular complexity index is 220. The van der Waals surface area contributed by atoms with Crippen molar-refractivity contribution in [2.45, 2.75) is 66.7 Å². The van der Waals surface area contributed by atoms with Crippen LogP contribution in [-0.2, 0) is 4.79 Å². The Labute approximate surface area is 101 Å². The molecular weight excluding hydrogens is 196 g/mol. The molecule has 0 aromatic heterocycles. The van der Waals surface area contributed by atoms with Crippen molar-refractivity contribution in [2.24, 2.45) is 11.3 Å². The van der Waals surface area contributed by atoms with Crippen LogP contribution in [-0.4, -0.2) is 5.78 Å². The molecule has 0 heterocycles. The number of ketones is 1. The van der Waals surface area contributed by atoms with E-state index in [4.69, 9.17) is 0 Å². The average Bonchev–Trinajstić information content (AvgIpc) is 2.10. The van der Waals surface area contributed by atoms with Gasteiger partial charge in [-0.05, 0) is 43.6 Å². The number of hydrogen-bond donors (Lipinski definition) is 0. The molecule has 0 bridgehead atoms. The molecule has 0 radical (unpaired) electrons. The van der Waals surface area contributed by atoms with Crippen LogP contribution in [0.1, 0.15) is 66.7 Å². The summed E-state index contributed by atoms with van der Waals surface area (Å²) < 4.78 is 0. The van der Waals surface area contributed by atoms with Crippen LogP contribution in [0.5, 0.6) is 0 Å². The van der Waals surface area contributed by atoms with Gasteiger partial charge in [-0.1, -0.05) is 46.6 Å². The van der Waals surface area contributed by atoms with E-state index < -0.39 is 0 Å². The van der Waals surface area contributed by atoms with Crippen LogP contribution >= 0.6 is 0 Å². The van der Waals surface area contributed by atoms with Crippen LogP contribution in [0.4, 0.5) is 0 Å². The zero-order valence-corrected chi connectivity index (χ0v) is 11.7. The third kappa shape index (κ3) is 11.5. The van der Waals surface area contributed by atoms with Crippen LogP contribution in [0.3, 0.4) is 0 Å². The van der Waals surface area contributed by atoms with Crippen molar-refractivity contribution >= 4 is 5.78 Å². The molecule has 0 saturated heterocycles. The lowest BCUT2D eigenvalue weighted by molar-refractivity contribution is -0.112. The molecule has 0 N–H and O–H groups in total. The van der Waals surface area contributed by atoms with Gasteiger partial charge in [0, 0.05) is 0 Å². The van der Waals surface area contributed by atoms with Gasteiger partial charge in [0.25, 0.3) is 0 Å². The summed E-state index contributed by atoms with van der Waals surface area (Å²) in [6.45, 7) is 10.8. The van der Waals surface area contributed by atoms with Crippen LogP contribution in [0.25, 0.3) is 0 Å². The molecule has 0 aliphatic carbocycles. The second-order valence-corrected chi connectivity index (χ2v) is 6.15. The maximum Gasteiger partial charge on any atom is 0.152 e. The van der Waals surface area contributed by atoms with Gasteiger partial charge in [-0.2, -0.15) is 0 Å². The lowest BCUT2D eigenvalue weighted by Crippen LogP contribution is -2.05. The van der Waals surface area contributed by atoms with E-state index in [1.54, 1.807) is 13.0 Å². The first-order valence-corrected chi connectivity index (χ1v) is 6.48. The Morgan fingerprint density at radius 3 is 2.38 bits per heavy atom. The highest BCUT2D eigenvalue weighted by Crippen LogP contribution is 2.24.